The lowest BCUT2D eigenvalue weighted by molar-refractivity contribution is -0.114. The van der Waals surface area contributed by atoms with Crippen molar-refractivity contribution in [1.82, 2.24) is 0 Å². The number of amides is 2. The summed E-state index contributed by atoms with van der Waals surface area (Å²) >= 11 is 3.39. The lowest BCUT2D eigenvalue weighted by Crippen LogP contribution is -2.09. The van der Waals surface area contributed by atoms with Crippen LogP contribution in [-0.4, -0.2) is 18.9 Å². The van der Waals surface area contributed by atoms with Crippen molar-refractivity contribution in [2.24, 2.45) is 0 Å². The number of halogens is 1. The maximum absolute atomic E-state index is 12.1. The Morgan fingerprint density at radius 1 is 1.08 bits per heavy atom. The Hall–Kier alpha value is -2.60. The summed E-state index contributed by atoms with van der Waals surface area (Å²) in [5.41, 5.74) is 2.00. The van der Waals surface area contributed by atoms with Crippen molar-refractivity contribution in [1.29, 1.82) is 0 Å². The second kappa shape index (κ2) is 8.31. The van der Waals surface area contributed by atoms with Crippen molar-refractivity contribution in [3.8, 4) is 5.75 Å². The number of rotatable bonds is 5. The molecule has 0 aliphatic carbocycles. The van der Waals surface area contributed by atoms with Crippen LogP contribution >= 0.6 is 15.9 Å². The molecule has 0 unspecified atom stereocenters. The van der Waals surface area contributed by atoms with Crippen molar-refractivity contribution in [3.05, 3.63) is 58.6 Å². The molecule has 6 heteroatoms. The Morgan fingerprint density at radius 2 is 1.79 bits per heavy atom. The highest BCUT2D eigenvalue weighted by Gasteiger charge is 2.03. The zero-order chi connectivity index (χ0) is 17.5. The fourth-order valence-electron chi connectivity index (χ4n) is 2.06. The average molecular weight is 389 g/mol. The van der Waals surface area contributed by atoms with Crippen molar-refractivity contribution in [2.45, 2.75) is 6.92 Å². The van der Waals surface area contributed by atoms with Crippen LogP contribution in [-0.2, 0) is 9.59 Å². The quantitative estimate of drug-likeness (QED) is 0.758. The fraction of sp³-hybridized carbons (Fsp3) is 0.111. The van der Waals surface area contributed by atoms with Gasteiger partial charge in [0.25, 0.3) is 0 Å². The molecule has 0 aliphatic heterocycles. The van der Waals surface area contributed by atoms with Crippen LogP contribution in [0.4, 0.5) is 11.4 Å². The third-order valence-electron chi connectivity index (χ3n) is 3.06. The van der Waals surface area contributed by atoms with Gasteiger partial charge in [0.15, 0.2) is 0 Å². The first kappa shape index (κ1) is 17.7. The van der Waals surface area contributed by atoms with E-state index >= 15 is 0 Å². The molecule has 124 valence electrons. The van der Waals surface area contributed by atoms with Crippen LogP contribution in [0.1, 0.15) is 12.5 Å². The van der Waals surface area contributed by atoms with E-state index in [-0.39, 0.29) is 11.8 Å². The van der Waals surface area contributed by atoms with E-state index < -0.39 is 0 Å². The number of ether oxygens (including phenoxy) is 1. The van der Waals surface area contributed by atoms with E-state index in [1.165, 1.54) is 13.0 Å². The molecule has 0 saturated carbocycles. The third-order valence-corrected chi connectivity index (χ3v) is 3.55. The van der Waals surface area contributed by atoms with Crippen LogP contribution in [0.15, 0.2) is 53.0 Å². The highest BCUT2D eigenvalue weighted by molar-refractivity contribution is 9.10. The van der Waals surface area contributed by atoms with Crippen molar-refractivity contribution in [2.75, 3.05) is 17.7 Å². The number of hydrogen-bond acceptors (Lipinski definition) is 3. The smallest absolute Gasteiger partial charge is 0.248 e. The molecule has 2 N–H and O–H groups in total. The highest BCUT2D eigenvalue weighted by Crippen LogP contribution is 2.24. The van der Waals surface area contributed by atoms with E-state index in [4.69, 9.17) is 4.74 Å². The molecule has 2 rings (SSSR count). The molecule has 0 bridgehead atoms. The molecule has 0 aromatic heterocycles. The van der Waals surface area contributed by atoms with E-state index in [0.717, 1.165) is 10.0 Å². The zero-order valence-corrected chi connectivity index (χ0v) is 14.9. The summed E-state index contributed by atoms with van der Waals surface area (Å²) in [5.74, 6) is 0.229. The molecular formula is C18H17BrN2O3. The molecular weight excluding hydrogens is 372 g/mol. The molecule has 0 heterocycles. The molecule has 2 aromatic rings. The van der Waals surface area contributed by atoms with Crippen LogP contribution < -0.4 is 15.4 Å². The van der Waals surface area contributed by atoms with Crippen LogP contribution in [0, 0.1) is 0 Å². The van der Waals surface area contributed by atoms with Crippen molar-refractivity contribution < 1.29 is 14.3 Å². The molecule has 0 radical (unpaired) electrons. The molecule has 0 atom stereocenters. The second-order valence-electron chi connectivity index (χ2n) is 4.97. The summed E-state index contributed by atoms with van der Waals surface area (Å²) in [6.45, 7) is 1.43. The number of carbonyl (C=O) groups is 2. The standard InChI is InChI=1S/C18H17BrN2O3/c1-12(22)20-15-4-3-5-16(11-15)21-18(23)9-6-13-10-14(19)7-8-17(13)24-2/h3-11H,1-2H3,(H,20,22)(H,21,23)/b9-6+. The summed E-state index contributed by atoms with van der Waals surface area (Å²) in [7, 11) is 1.58. The number of nitrogens with one attached hydrogen (secondary N) is 2. The SMILES string of the molecule is COc1ccc(Br)cc1/C=C/C(=O)Nc1cccc(NC(C)=O)c1. The summed E-state index contributed by atoms with van der Waals surface area (Å²) in [5, 5.41) is 5.42. The largest absolute Gasteiger partial charge is 0.496 e. The first-order chi connectivity index (χ1) is 11.5. The molecule has 5 nitrogen and oxygen atoms in total. The minimum Gasteiger partial charge on any atom is -0.496 e. The van der Waals surface area contributed by atoms with Gasteiger partial charge in [0.2, 0.25) is 11.8 Å². The van der Waals surface area contributed by atoms with Gasteiger partial charge in [-0.1, -0.05) is 22.0 Å². The van der Waals surface area contributed by atoms with Gasteiger partial charge in [0.1, 0.15) is 5.75 Å². The molecule has 0 aliphatic rings. The Morgan fingerprint density at radius 3 is 2.46 bits per heavy atom. The zero-order valence-electron chi connectivity index (χ0n) is 13.3. The first-order valence-electron chi connectivity index (χ1n) is 7.18. The predicted octanol–water partition coefficient (Wildman–Crippen LogP) is 4.07. The number of benzene rings is 2. The molecule has 0 fully saturated rings. The maximum atomic E-state index is 12.1. The average Bonchev–Trinajstić information content (AvgIpc) is 2.53. The van der Waals surface area contributed by atoms with Gasteiger partial charge in [0, 0.05) is 34.4 Å². The monoisotopic (exact) mass is 388 g/mol. The number of anilines is 2. The van der Waals surface area contributed by atoms with Crippen LogP contribution in [0.3, 0.4) is 0 Å². The van der Waals surface area contributed by atoms with E-state index in [1.54, 1.807) is 37.5 Å². The molecule has 2 aromatic carbocycles. The Balaban J connectivity index is 2.08. The van der Waals surface area contributed by atoms with E-state index in [0.29, 0.717) is 17.1 Å². The fourth-order valence-corrected chi connectivity index (χ4v) is 2.44. The molecule has 24 heavy (non-hydrogen) atoms. The van der Waals surface area contributed by atoms with E-state index in [9.17, 15) is 9.59 Å². The Kier molecular flexibility index (Phi) is 6.14. The minimum absolute atomic E-state index is 0.167. The van der Waals surface area contributed by atoms with Gasteiger partial charge < -0.3 is 15.4 Å². The Bertz CT molecular complexity index is 788. The summed E-state index contributed by atoms with van der Waals surface area (Å²) in [6, 6.07) is 12.5. The van der Waals surface area contributed by atoms with Crippen molar-refractivity contribution >= 4 is 45.2 Å². The molecule has 0 spiro atoms. The molecule has 0 saturated heterocycles. The summed E-state index contributed by atoms with van der Waals surface area (Å²) in [6.07, 6.45) is 3.10. The maximum Gasteiger partial charge on any atom is 0.248 e. The lowest BCUT2D eigenvalue weighted by atomic mass is 10.2. The number of carbonyl (C=O) groups excluding carboxylic acids is 2. The van der Waals surface area contributed by atoms with Gasteiger partial charge in [-0.15, -0.1) is 0 Å². The second-order valence-corrected chi connectivity index (χ2v) is 5.89. The Labute approximate surface area is 148 Å². The van der Waals surface area contributed by atoms with E-state index in [1.807, 2.05) is 18.2 Å². The van der Waals surface area contributed by atoms with E-state index in [2.05, 4.69) is 26.6 Å². The number of hydrogen-bond donors (Lipinski definition) is 2. The van der Waals surface area contributed by atoms with Crippen molar-refractivity contribution in [3.63, 3.8) is 0 Å². The summed E-state index contributed by atoms with van der Waals surface area (Å²) in [4.78, 5) is 23.1. The van der Waals surface area contributed by atoms with Crippen LogP contribution in [0.5, 0.6) is 5.75 Å². The van der Waals surface area contributed by atoms with Gasteiger partial charge in [-0.25, -0.2) is 0 Å². The van der Waals surface area contributed by atoms with Crippen LogP contribution in [0.2, 0.25) is 0 Å². The summed E-state index contributed by atoms with van der Waals surface area (Å²) < 4.78 is 6.15. The predicted molar refractivity (Wildman–Crippen MR) is 99.1 cm³/mol. The van der Waals surface area contributed by atoms with Gasteiger partial charge in [0.05, 0.1) is 7.11 Å². The van der Waals surface area contributed by atoms with Gasteiger partial charge in [-0.3, -0.25) is 9.59 Å². The number of methoxy groups -OCH3 is 1. The minimum atomic E-state index is -0.281. The van der Waals surface area contributed by atoms with Gasteiger partial charge in [-0.2, -0.15) is 0 Å². The highest BCUT2D eigenvalue weighted by atomic mass is 79.9. The van der Waals surface area contributed by atoms with Gasteiger partial charge >= 0.3 is 0 Å². The molecule has 2 amide bonds. The lowest BCUT2D eigenvalue weighted by Gasteiger charge is -2.07. The van der Waals surface area contributed by atoms with Gasteiger partial charge in [-0.05, 0) is 42.5 Å². The normalized spacial score (nSPS) is 10.5. The topological polar surface area (TPSA) is 67.4 Å². The van der Waals surface area contributed by atoms with Crippen LogP contribution in [0.25, 0.3) is 6.08 Å². The third kappa shape index (κ3) is 5.24. The first-order valence-corrected chi connectivity index (χ1v) is 7.97.